The number of H-pyrrole nitrogens is 1. The number of halogens is 2. The molecule has 0 bridgehead atoms. The van der Waals surface area contributed by atoms with E-state index >= 15 is 0 Å². The van der Waals surface area contributed by atoms with Gasteiger partial charge in [-0.2, -0.15) is 5.10 Å². The number of rotatable bonds is 4. The van der Waals surface area contributed by atoms with Crippen LogP contribution in [0.3, 0.4) is 0 Å². The highest BCUT2D eigenvalue weighted by molar-refractivity contribution is 6.35. The molecule has 0 saturated carbocycles. The van der Waals surface area contributed by atoms with Gasteiger partial charge in [-0.1, -0.05) is 11.6 Å². The second kappa shape index (κ2) is 4.94. The second-order valence-corrected chi connectivity index (χ2v) is 4.25. The topological polar surface area (TPSA) is 55.0 Å². The first-order chi connectivity index (χ1) is 8.15. The van der Waals surface area contributed by atoms with Crippen LogP contribution < -0.4 is 4.74 Å². The predicted octanol–water partition coefficient (Wildman–Crippen LogP) is 3.04. The van der Waals surface area contributed by atoms with E-state index in [0.29, 0.717) is 39.9 Å². The summed E-state index contributed by atoms with van der Waals surface area (Å²) >= 11 is 11.6. The molecule has 0 aliphatic carbocycles. The summed E-state index contributed by atoms with van der Waals surface area (Å²) in [6.45, 7) is 1.82. The molecule has 2 rings (SSSR count). The van der Waals surface area contributed by atoms with Gasteiger partial charge in [-0.15, -0.1) is 11.6 Å². The van der Waals surface area contributed by atoms with Gasteiger partial charge in [0.25, 0.3) is 0 Å². The van der Waals surface area contributed by atoms with Crippen LogP contribution in [-0.2, 0) is 0 Å². The van der Waals surface area contributed by atoms with Crippen LogP contribution in [-0.4, -0.2) is 28.5 Å². The molecule has 1 aromatic heterocycles. The molecule has 0 unspecified atom stereocenters. The van der Waals surface area contributed by atoms with Crippen LogP contribution in [0.2, 0.25) is 5.02 Å². The largest absolute Gasteiger partial charge is 0.492 e. The van der Waals surface area contributed by atoms with Gasteiger partial charge in [0.15, 0.2) is 5.78 Å². The van der Waals surface area contributed by atoms with E-state index in [0.717, 1.165) is 0 Å². The van der Waals surface area contributed by atoms with Crippen LogP contribution in [0.4, 0.5) is 0 Å². The number of carbonyl (C=O) groups excluding carboxylic acids is 1. The van der Waals surface area contributed by atoms with Crippen LogP contribution in [0.1, 0.15) is 17.4 Å². The molecule has 4 nitrogen and oxygen atoms in total. The van der Waals surface area contributed by atoms with Crippen molar-refractivity contribution >= 4 is 39.9 Å². The van der Waals surface area contributed by atoms with Crippen LogP contribution in [0.25, 0.3) is 10.9 Å². The fourth-order valence-corrected chi connectivity index (χ4v) is 1.87. The highest BCUT2D eigenvalue weighted by Gasteiger charge is 2.16. The molecule has 0 fully saturated rings. The van der Waals surface area contributed by atoms with Crippen molar-refractivity contribution in [1.29, 1.82) is 0 Å². The summed E-state index contributed by atoms with van der Waals surface area (Å²) in [5.41, 5.74) is 0.927. The summed E-state index contributed by atoms with van der Waals surface area (Å²) < 4.78 is 5.47. The molecule has 0 aliphatic rings. The molecule has 0 saturated heterocycles. The number of benzene rings is 1. The van der Waals surface area contributed by atoms with E-state index < -0.39 is 0 Å². The van der Waals surface area contributed by atoms with Crippen molar-refractivity contribution in [1.82, 2.24) is 10.2 Å². The summed E-state index contributed by atoms with van der Waals surface area (Å²) in [6.07, 6.45) is 0. The van der Waals surface area contributed by atoms with E-state index in [9.17, 15) is 4.79 Å². The second-order valence-electron chi connectivity index (χ2n) is 3.46. The van der Waals surface area contributed by atoms with E-state index in [-0.39, 0.29) is 5.78 Å². The van der Waals surface area contributed by atoms with Gasteiger partial charge in [0.05, 0.1) is 16.3 Å². The Hall–Kier alpha value is -1.26. The Labute approximate surface area is 108 Å². The van der Waals surface area contributed by atoms with Gasteiger partial charge in [0.2, 0.25) is 0 Å². The number of aromatic nitrogens is 2. The third kappa shape index (κ3) is 2.23. The zero-order chi connectivity index (χ0) is 12.4. The average Bonchev–Trinajstić information content (AvgIpc) is 2.74. The van der Waals surface area contributed by atoms with Crippen LogP contribution in [0.15, 0.2) is 12.1 Å². The highest BCUT2D eigenvalue weighted by Crippen LogP contribution is 2.32. The molecule has 0 aliphatic heterocycles. The minimum atomic E-state index is -0.120. The summed E-state index contributed by atoms with van der Waals surface area (Å²) in [5.74, 6) is 0.812. The van der Waals surface area contributed by atoms with Gasteiger partial charge in [-0.05, 0) is 12.1 Å². The maximum atomic E-state index is 11.5. The van der Waals surface area contributed by atoms with E-state index in [1.54, 1.807) is 12.1 Å². The normalized spacial score (nSPS) is 10.8. The van der Waals surface area contributed by atoms with Crippen molar-refractivity contribution < 1.29 is 9.53 Å². The first-order valence-corrected chi connectivity index (χ1v) is 5.92. The van der Waals surface area contributed by atoms with Crippen LogP contribution in [0.5, 0.6) is 5.75 Å². The molecule has 0 atom stereocenters. The smallest absolute Gasteiger partial charge is 0.178 e. The van der Waals surface area contributed by atoms with Crippen molar-refractivity contribution in [2.75, 3.05) is 12.5 Å². The van der Waals surface area contributed by atoms with Gasteiger partial charge >= 0.3 is 0 Å². The van der Waals surface area contributed by atoms with Gasteiger partial charge < -0.3 is 4.74 Å². The van der Waals surface area contributed by atoms with Gasteiger partial charge in [-0.3, -0.25) is 9.89 Å². The maximum Gasteiger partial charge on any atom is 0.178 e. The first kappa shape index (κ1) is 12.2. The molecular formula is C11H10Cl2N2O2. The van der Waals surface area contributed by atoms with Gasteiger partial charge in [0.1, 0.15) is 23.6 Å². The highest BCUT2D eigenvalue weighted by atomic mass is 35.5. The van der Waals surface area contributed by atoms with E-state index in [1.165, 1.54) is 6.92 Å². The molecule has 90 valence electrons. The Balaban J connectivity index is 2.62. The Bertz CT molecular complexity index is 566. The number of aromatic amines is 1. The number of nitrogens with one attached hydrogen (secondary N) is 1. The average molecular weight is 273 g/mol. The third-order valence-corrected chi connectivity index (χ3v) is 2.77. The lowest BCUT2D eigenvalue weighted by molar-refractivity contribution is 0.101. The number of nitrogens with zero attached hydrogens (tertiary/aromatic N) is 1. The van der Waals surface area contributed by atoms with E-state index in [1.807, 2.05) is 0 Å². The van der Waals surface area contributed by atoms with Gasteiger partial charge in [0, 0.05) is 6.92 Å². The summed E-state index contributed by atoms with van der Waals surface area (Å²) in [4.78, 5) is 11.5. The quantitative estimate of drug-likeness (QED) is 0.688. The molecule has 1 heterocycles. The van der Waals surface area contributed by atoms with E-state index in [2.05, 4.69) is 10.2 Å². The van der Waals surface area contributed by atoms with E-state index in [4.69, 9.17) is 27.9 Å². The lowest BCUT2D eigenvalue weighted by atomic mass is 10.1. The van der Waals surface area contributed by atoms with Crippen LogP contribution in [0, 0.1) is 0 Å². The summed E-state index contributed by atoms with van der Waals surface area (Å²) in [6, 6.07) is 3.39. The molecule has 2 aromatic rings. The number of ketones is 1. The summed E-state index contributed by atoms with van der Waals surface area (Å²) in [5, 5.41) is 7.77. The predicted molar refractivity (Wildman–Crippen MR) is 67.3 cm³/mol. The molecular weight excluding hydrogens is 263 g/mol. The fourth-order valence-electron chi connectivity index (χ4n) is 1.59. The zero-order valence-corrected chi connectivity index (χ0v) is 10.6. The molecule has 0 amide bonds. The minimum absolute atomic E-state index is 0.120. The fraction of sp³-hybridized carbons (Fsp3) is 0.273. The van der Waals surface area contributed by atoms with Crippen molar-refractivity contribution in [2.45, 2.75) is 6.92 Å². The number of fused-ring (bicyclic) bond motifs is 1. The van der Waals surface area contributed by atoms with Crippen molar-refractivity contribution in [3.63, 3.8) is 0 Å². The number of Topliss-reactive ketones (excluding diaryl/α,β-unsaturated/α-hetero) is 1. The molecule has 0 spiro atoms. The Morgan fingerprint density at radius 2 is 2.29 bits per heavy atom. The number of hydrogen-bond donors (Lipinski definition) is 1. The Morgan fingerprint density at radius 1 is 1.53 bits per heavy atom. The number of hydrogen-bond acceptors (Lipinski definition) is 3. The first-order valence-electron chi connectivity index (χ1n) is 5.01. The Kier molecular flexibility index (Phi) is 3.54. The Morgan fingerprint density at radius 3 is 2.94 bits per heavy atom. The minimum Gasteiger partial charge on any atom is -0.492 e. The third-order valence-electron chi connectivity index (χ3n) is 2.31. The van der Waals surface area contributed by atoms with Crippen molar-refractivity contribution in [3.8, 4) is 5.75 Å². The zero-order valence-electron chi connectivity index (χ0n) is 9.09. The molecule has 1 aromatic carbocycles. The standard InChI is InChI=1S/C11H10Cl2N2O2/c1-6(16)10-9-8(17-5-4-12)3-2-7(13)11(9)15-14-10/h2-3H,4-5H2,1H3,(H,14,15). The monoisotopic (exact) mass is 272 g/mol. The lowest BCUT2D eigenvalue weighted by Gasteiger charge is -2.06. The summed E-state index contributed by atoms with van der Waals surface area (Å²) in [7, 11) is 0. The molecule has 17 heavy (non-hydrogen) atoms. The van der Waals surface area contributed by atoms with Crippen molar-refractivity contribution in [2.24, 2.45) is 0 Å². The van der Waals surface area contributed by atoms with Crippen molar-refractivity contribution in [3.05, 3.63) is 22.8 Å². The number of ether oxygens (including phenoxy) is 1. The number of alkyl halides is 1. The SMILES string of the molecule is CC(=O)c1[nH]nc2c(Cl)ccc(OCCCl)c12. The lowest BCUT2D eigenvalue weighted by Crippen LogP contribution is -2.00. The molecule has 1 N–H and O–H groups in total. The molecule has 6 heteroatoms. The molecule has 0 radical (unpaired) electrons. The van der Waals surface area contributed by atoms with Crippen LogP contribution >= 0.6 is 23.2 Å². The number of carbonyl (C=O) groups is 1. The van der Waals surface area contributed by atoms with Gasteiger partial charge in [-0.25, -0.2) is 0 Å². The maximum absolute atomic E-state index is 11.5.